The van der Waals surface area contributed by atoms with Gasteiger partial charge in [0.25, 0.3) is 0 Å². The Bertz CT molecular complexity index is 299. The lowest BCUT2D eigenvalue weighted by Gasteiger charge is -2.36. The fourth-order valence-electron chi connectivity index (χ4n) is 2.33. The van der Waals surface area contributed by atoms with Crippen LogP contribution < -0.4 is 5.73 Å². The molecule has 0 aliphatic carbocycles. The Morgan fingerprint density at radius 2 is 1.56 bits per heavy atom. The van der Waals surface area contributed by atoms with Crippen molar-refractivity contribution in [3.8, 4) is 0 Å². The van der Waals surface area contributed by atoms with Crippen LogP contribution in [0.15, 0.2) is 24.3 Å². The van der Waals surface area contributed by atoms with Crippen molar-refractivity contribution >= 4 is 5.69 Å². The molecule has 0 bridgehead atoms. The van der Waals surface area contributed by atoms with Crippen molar-refractivity contribution < 1.29 is 4.48 Å². The molecule has 90 valence electrons. The molecule has 16 heavy (non-hydrogen) atoms. The zero-order chi connectivity index (χ0) is 12.0. The van der Waals surface area contributed by atoms with Gasteiger partial charge in [-0.25, -0.2) is 0 Å². The Balaban J connectivity index is 2.78. The molecule has 0 aliphatic heterocycles. The second kappa shape index (κ2) is 5.90. The lowest BCUT2D eigenvalue weighted by atomic mass is 10.1. The summed E-state index contributed by atoms with van der Waals surface area (Å²) in [5.74, 6) is 0. The number of hydrogen-bond acceptors (Lipinski definition) is 1. The van der Waals surface area contributed by atoms with Gasteiger partial charge in [-0.05, 0) is 32.4 Å². The van der Waals surface area contributed by atoms with Crippen molar-refractivity contribution in [1.82, 2.24) is 0 Å². The van der Waals surface area contributed by atoms with E-state index < -0.39 is 0 Å². The molecule has 2 heteroatoms. The number of nitrogen functional groups attached to an aromatic ring is 1. The zero-order valence-electron chi connectivity index (χ0n) is 10.9. The van der Waals surface area contributed by atoms with Gasteiger partial charge in [-0.15, -0.1) is 0 Å². The van der Waals surface area contributed by atoms with Crippen molar-refractivity contribution in [2.24, 2.45) is 0 Å². The van der Waals surface area contributed by atoms with Crippen LogP contribution in [0.1, 0.15) is 32.8 Å². The van der Waals surface area contributed by atoms with E-state index in [1.54, 1.807) is 0 Å². The molecule has 0 spiro atoms. The molecule has 0 saturated carbocycles. The number of nitrogens with zero attached hydrogens (tertiary/aromatic N) is 1. The monoisotopic (exact) mass is 221 g/mol. The number of hydrogen-bond donors (Lipinski definition) is 1. The third-order valence-corrected chi connectivity index (χ3v) is 3.54. The number of anilines is 1. The fraction of sp³-hybridized carbons (Fsp3) is 0.571. The van der Waals surface area contributed by atoms with Gasteiger partial charge in [0.1, 0.15) is 6.54 Å². The molecule has 2 N–H and O–H groups in total. The molecule has 1 aromatic carbocycles. The normalized spacial score (nSPS) is 11.7. The van der Waals surface area contributed by atoms with Crippen LogP contribution in [-0.4, -0.2) is 24.1 Å². The smallest absolute Gasteiger partial charge is 0.104 e. The highest BCUT2D eigenvalue weighted by molar-refractivity contribution is 5.39. The summed E-state index contributed by atoms with van der Waals surface area (Å²) in [6.07, 6.45) is 1.25. The topological polar surface area (TPSA) is 26.0 Å². The minimum absolute atomic E-state index is 0.852. The Morgan fingerprint density at radius 1 is 1.00 bits per heavy atom. The largest absolute Gasteiger partial charge is 0.399 e. The molecule has 0 aromatic heterocycles. The van der Waals surface area contributed by atoms with Crippen LogP contribution >= 0.6 is 0 Å². The highest BCUT2D eigenvalue weighted by Crippen LogP contribution is 2.16. The van der Waals surface area contributed by atoms with E-state index in [-0.39, 0.29) is 0 Å². The SMILES string of the molecule is CCC[N+](CC)(CC)Cc1ccc(N)cc1. The van der Waals surface area contributed by atoms with Crippen molar-refractivity contribution in [1.29, 1.82) is 0 Å². The van der Waals surface area contributed by atoms with Crippen LogP contribution in [0.25, 0.3) is 0 Å². The molecule has 0 atom stereocenters. The molecule has 2 nitrogen and oxygen atoms in total. The van der Waals surface area contributed by atoms with Gasteiger partial charge >= 0.3 is 0 Å². The molecule has 0 amide bonds. The standard InChI is InChI=1S/C14H25N2/c1-4-11-16(5-2,6-3)12-13-7-9-14(15)10-8-13/h7-10H,4-6,11-12,15H2,1-3H3/q+1. The fourth-order valence-corrected chi connectivity index (χ4v) is 2.33. The van der Waals surface area contributed by atoms with E-state index in [0.717, 1.165) is 12.2 Å². The maximum Gasteiger partial charge on any atom is 0.104 e. The van der Waals surface area contributed by atoms with Crippen LogP contribution in [0.5, 0.6) is 0 Å². The van der Waals surface area contributed by atoms with Crippen LogP contribution in [0.4, 0.5) is 5.69 Å². The van der Waals surface area contributed by atoms with Crippen molar-refractivity contribution in [3.63, 3.8) is 0 Å². The minimum atomic E-state index is 0.852. The van der Waals surface area contributed by atoms with E-state index in [1.165, 1.54) is 36.1 Å². The minimum Gasteiger partial charge on any atom is -0.399 e. The summed E-state index contributed by atoms with van der Waals surface area (Å²) in [6, 6.07) is 8.31. The van der Waals surface area contributed by atoms with Crippen molar-refractivity contribution in [2.75, 3.05) is 25.4 Å². The maximum atomic E-state index is 5.71. The second-order valence-electron chi connectivity index (χ2n) is 4.60. The van der Waals surface area contributed by atoms with Crippen molar-refractivity contribution in [3.05, 3.63) is 29.8 Å². The van der Waals surface area contributed by atoms with Gasteiger partial charge in [0.2, 0.25) is 0 Å². The van der Waals surface area contributed by atoms with Gasteiger partial charge < -0.3 is 10.2 Å². The first-order valence-electron chi connectivity index (χ1n) is 6.35. The van der Waals surface area contributed by atoms with E-state index in [2.05, 4.69) is 32.9 Å². The van der Waals surface area contributed by atoms with E-state index >= 15 is 0 Å². The van der Waals surface area contributed by atoms with E-state index in [0.29, 0.717) is 0 Å². The van der Waals surface area contributed by atoms with E-state index in [4.69, 9.17) is 5.73 Å². The molecule has 0 radical (unpaired) electrons. The molecule has 0 fully saturated rings. The number of benzene rings is 1. The van der Waals surface area contributed by atoms with E-state index in [1.807, 2.05) is 12.1 Å². The van der Waals surface area contributed by atoms with Gasteiger partial charge in [-0.2, -0.15) is 0 Å². The lowest BCUT2D eigenvalue weighted by molar-refractivity contribution is -0.937. The molecule has 0 saturated heterocycles. The van der Waals surface area contributed by atoms with Crippen LogP contribution in [0.3, 0.4) is 0 Å². The van der Waals surface area contributed by atoms with Crippen LogP contribution in [0, 0.1) is 0 Å². The highest BCUT2D eigenvalue weighted by atomic mass is 15.3. The van der Waals surface area contributed by atoms with Gasteiger partial charge in [0.15, 0.2) is 0 Å². The summed E-state index contributed by atoms with van der Waals surface area (Å²) in [6.45, 7) is 11.6. The molecule has 1 rings (SSSR count). The highest BCUT2D eigenvalue weighted by Gasteiger charge is 2.22. The molecule has 0 heterocycles. The maximum absolute atomic E-state index is 5.71. The van der Waals surface area contributed by atoms with Crippen LogP contribution in [-0.2, 0) is 6.54 Å². The first-order chi connectivity index (χ1) is 7.65. The first-order valence-corrected chi connectivity index (χ1v) is 6.35. The van der Waals surface area contributed by atoms with Crippen LogP contribution in [0.2, 0.25) is 0 Å². The van der Waals surface area contributed by atoms with Gasteiger partial charge in [0, 0.05) is 11.3 Å². The number of rotatable bonds is 6. The van der Waals surface area contributed by atoms with Gasteiger partial charge in [-0.3, -0.25) is 0 Å². The summed E-state index contributed by atoms with van der Waals surface area (Å²) in [7, 11) is 0. The van der Waals surface area contributed by atoms with E-state index in [9.17, 15) is 0 Å². The predicted molar refractivity (Wildman–Crippen MR) is 71.1 cm³/mol. The van der Waals surface area contributed by atoms with Crippen molar-refractivity contribution in [2.45, 2.75) is 33.7 Å². The zero-order valence-corrected chi connectivity index (χ0v) is 10.9. The quantitative estimate of drug-likeness (QED) is 0.580. The summed E-state index contributed by atoms with van der Waals surface area (Å²) in [5.41, 5.74) is 7.96. The third-order valence-electron chi connectivity index (χ3n) is 3.54. The Kier molecular flexibility index (Phi) is 4.81. The first kappa shape index (κ1) is 13.0. The average molecular weight is 221 g/mol. The summed E-state index contributed by atoms with van der Waals surface area (Å²) in [4.78, 5) is 0. The second-order valence-corrected chi connectivity index (χ2v) is 4.60. The third kappa shape index (κ3) is 3.24. The number of nitrogens with two attached hydrogens (primary N) is 1. The molecular formula is C14H25N2+. The lowest BCUT2D eigenvalue weighted by Crippen LogP contribution is -2.47. The number of quaternary nitrogens is 1. The Labute approximate surface area is 99.7 Å². The Morgan fingerprint density at radius 3 is 2.00 bits per heavy atom. The molecule has 0 aliphatic rings. The summed E-state index contributed by atoms with van der Waals surface area (Å²) in [5, 5.41) is 0. The average Bonchev–Trinajstić information content (AvgIpc) is 2.31. The Hall–Kier alpha value is -1.02. The predicted octanol–water partition coefficient (Wildman–Crippen LogP) is 3.04. The summed E-state index contributed by atoms with van der Waals surface area (Å²) < 4.78 is 1.18. The molecular weight excluding hydrogens is 196 g/mol. The van der Waals surface area contributed by atoms with Gasteiger partial charge in [0.05, 0.1) is 19.6 Å². The molecule has 1 aromatic rings. The summed E-state index contributed by atoms with van der Waals surface area (Å²) >= 11 is 0. The molecule has 0 unspecified atom stereocenters. The van der Waals surface area contributed by atoms with Gasteiger partial charge in [-0.1, -0.05) is 19.1 Å².